The van der Waals surface area contributed by atoms with Crippen LogP contribution in [0.2, 0.25) is 5.02 Å². The van der Waals surface area contributed by atoms with Crippen LogP contribution in [0.25, 0.3) is 10.6 Å². The van der Waals surface area contributed by atoms with Gasteiger partial charge in [-0.2, -0.15) is 0 Å². The van der Waals surface area contributed by atoms with E-state index in [0.29, 0.717) is 10.7 Å². The number of aromatic nitrogens is 1. The molecule has 0 aliphatic carbocycles. The second-order valence-electron chi connectivity index (χ2n) is 4.94. The quantitative estimate of drug-likeness (QED) is 0.665. The van der Waals surface area contributed by atoms with Crippen molar-refractivity contribution in [1.82, 2.24) is 10.3 Å². The predicted octanol–water partition coefficient (Wildman–Crippen LogP) is 3.53. The molecule has 1 amide bonds. The summed E-state index contributed by atoms with van der Waals surface area (Å²) in [7, 11) is 0. The molecule has 0 radical (unpaired) electrons. The van der Waals surface area contributed by atoms with Crippen molar-refractivity contribution in [2.75, 3.05) is 6.54 Å². The monoisotopic (exact) mass is 376 g/mol. The van der Waals surface area contributed by atoms with Gasteiger partial charge in [-0.05, 0) is 18.2 Å². The Morgan fingerprint density at radius 1 is 1.24 bits per heavy atom. The number of carbonyl (C=O) groups is 2. The highest BCUT2D eigenvalue weighted by Gasteiger charge is 2.12. The number of thiazole rings is 1. The van der Waals surface area contributed by atoms with E-state index in [-0.39, 0.29) is 18.9 Å². The largest absolute Gasteiger partial charge is 0.459 e. The van der Waals surface area contributed by atoms with E-state index in [4.69, 9.17) is 20.8 Å². The molecule has 1 aromatic carbocycles. The molecule has 3 aromatic rings. The van der Waals surface area contributed by atoms with Crippen LogP contribution in [0.4, 0.5) is 0 Å². The lowest BCUT2D eigenvalue weighted by Crippen LogP contribution is -2.30. The minimum absolute atomic E-state index is 0.0242. The Labute approximate surface area is 152 Å². The van der Waals surface area contributed by atoms with Crippen LogP contribution >= 0.6 is 22.9 Å². The van der Waals surface area contributed by atoms with Crippen molar-refractivity contribution < 1.29 is 18.7 Å². The highest BCUT2D eigenvalue weighted by Crippen LogP contribution is 2.30. The first-order valence-corrected chi connectivity index (χ1v) is 8.56. The Morgan fingerprint density at radius 3 is 2.84 bits per heavy atom. The number of amides is 1. The van der Waals surface area contributed by atoms with Crippen molar-refractivity contribution in [3.8, 4) is 10.6 Å². The van der Waals surface area contributed by atoms with Crippen molar-refractivity contribution in [1.29, 1.82) is 0 Å². The van der Waals surface area contributed by atoms with E-state index in [9.17, 15) is 9.59 Å². The molecule has 0 aliphatic rings. The fraction of sp³-hybridized carbons (Fsp3) is 0.118. The van der Waals surface area contributed by atoms with E-state index in [0.717, 1.165) is 10.6 Å². The number of furan rings is 1. The standard InChI is InChI=1S/C17H13ClN2O4S/c18-13-5-2-1-4-12(13)17-20-11(10-25-17)9-24-15(21)8-19-16(22)14-6-3-7-23-14/h1-7,10H,8-9H2,(H,19,22). The van der Waals surface area contributed by atoms with Crippen LogP contribution in [-0.4, -0.2) is 23.4 Å². The van der Waals surface area contributed by atoms with E-state index in [2.05, 4.69) is 10.3 Å². The maximum absolute atomic E-state index is 11.7. The number of hydrogen-bond acceptors (Lipinski definition) is 6. The van der Waals surface area contributed by atoms with Crippen molar-refractivity contribution in [3.05, 3.63) is 64.5 Å². The Kier molecular flexibility index (Phi) is 5.47. The lowest BCUT2D eigenvalue weighted by Gasteiger charge is -2.04. The number of hydrogen-bond donors (Lipinski definition) is 1. The number of rotatable bonds is 6. The van der Waals surface area contributed by atoms with Gasteiger partial charge in [-0.1, -0.05) is 29.8 Å². The second-order valence-corrected chi connectivity index (χ2v) is 6.21. The van der Waals surface area contributed by atoms with Gasteiger partial charge in [0.2, 0.25) is 0 Å². The van der Waals surface area contributed by atoms with Gasteiger partial charge in [0.25, 0.3) is 5.91 Å². The van der Waals surface area contributed by atoms with Gasteiger partial charge in [-0.3, -0.25) is 9.59 Å². The molecule has 6 nitrogen and oxygen atoms in total. The van der Waals surface area contributed by atoms with E-state index in [1.54, 1.807) is 17.5 Å². The first-order valence-electron chi connectivity index (χ1n) is 7.30. The summed E-state index contributed by atoms with van der Waals surface area (Å²) >= 11 is 7.56. The van der Waals surface area contributed by atoms with Crippen molar-refractivity contribution >= 4 is 34.8 Å². The van der Waals surface area contributed by atoms with Gasteiger partial charge < -0.3 is 14.5 Å². The number of esters is 1. The van der Waals surface area contributed by atoms with Gasteiger partial charge in [-0.25, -0.2) is 4.98 Å². The summed E-state index contributed by atoms with van der Waals surface area (Å²) in [5, 5.41) is 5.58. The average Bonchev–Trinajstić information content (AvgIpc) is 3.30. The van der Waals surface area contributed by atoms with Gasteiger partial charge in [0.1, 0.15) is 18.2 Å². The molecule has 2 aromatic heterocycles. The predicted molar refractivity (Wildman–Crippen MR) is 93.4 cm³/mol. The summed E-state index contributed by atoms with van der Waals surface area (Å²) in [5.74, 6) is -0.902. The van der Waals surface area contributed by atoms with Crippen LogP contribution in [0.5, 0.6) is 0 Å². The first-order chi connectivity index (χ1) is 12.1. The van der Waals surface area contributed by atoms with Crippen LogP contribution in [0, 0.1) is 0 Å². The molecule has 8 heteroatoms. The summed E-state index contributed by atoms with van der Waals surface area (Å²) in [4.78, 5) is 27.8. The molecule has 2 heterocycles. The van der Waals surface area contributed by atoms with Gasteiger partial charge in [0, 0.05) is 10.9 Å². The number of benzene rings is 1. The van der Waals surface area contributed by atoms with Crippen LogP contribution in [-0.2, 0) is 16.1 Å². The third kappa shape index (κ3) is 4.46. The van der Waals surface area contributed by atoms with E-state index < -0.39 is 11.9 Å². The average molecular weight is 377 g/mol. The molecule has 1 N–H and O–H groups in total. The lowest BCUT2D eigenvalue weighted by molar-refractivity contribution is -0.143. The Hall–Kier alpha value is -2.64. The van der Waals surface area contributed by atoms with Crippen LogP contribution in [0.1, 0.15) is 16.2 Å². The fourth-order valence-electron chi connectivity index (χ4n) is 1.98. The number of nitrogens with zero attached hydrogens (tertiary/aromatic N) is 1. The smallest absolute Gasteiger partial charge is 0.325 e. The zero-order chi connectivity index (χ0) is 17.6. The minimum Gasteiger partial charge on any atom is -0.459 e. The second kappa shape index (κ2) is 7.96. The minimum atomic E-state index is -0.563. The van der Waals surface area contributed by atoms with Gasteiger partial charge in [0.15, 0.2) is 5.76 Å². The summed E-state index contributed by atoms with van der Waals surface area (Å²) in [5.41, 5.74) is 1.45. The molecule has 3 rings (SSSR count). The third-order valence-corrected chi connectivity index (χ3v) is 4.43. The normalized spacial score (nSPS) is 10.4. The summed E-state index contributed by atoms with van der Waals surface area (Å²) in [6, 6.07) is 10.5. The van der Waals surface area contributed by atoms with Crippen molar-refractivity contribution in [2.45, 2.75) is 6.61 Å². The van der Waals surface area contributed by atoms with Crippen molar-refractivity contribution in [3.63, 3.8) is 0 Å². The fourth-order valence-corrected chi connectivity index (χ4v) is 3.11. The molecule has 0 saturated heterocycles. The third-order valence-electron chi connectivity index (χ3n) is 3.18. The molecule has 0 aliphatic heterocycles. The number of ether oxygens (including phenoxy) is 1. The molecule has 0 fully saturated rings. The molecular weight excluding hydrogens is 364 g/mol. The van der Waals surface area contributed by atoms with Gasteiger partial charge >= 0.3 is 5.97 Å². The summed E-state index contributed by atoms with van der Waals surface area (Å²) < 4.78 is 10.0. The summed E-state index contributed by atoms with van der Waals surface area (Å²) in [6.07, 6.45) is 1.38. The molecule has 25 heavy (non-hydrogen) atoms. The van der Waals surface area contributed by atoms with E-state index in [1.807, 2.05) is 18.2 Å². The van der Waals surface area contributed by atoms with Crippen molar-refractivity contribution in [2.24, 2.45) is 0 Å². The molecule has 0 saturated carbocycles. The van der Waals surface area contributed by atoms with E-state index >= 15 is 0 Å². The van der Waals surface area contributed by atoms with Crippen LogP contribution in [0.15, 0.2) is 52.5 Å². The maximum Gasteiger partial charge on any atom is 0.325 e. The summed E-state index contributed by atoms with van der Waals surface area (Å²) in [6.45, 7) is -0.225. The van der Waals surface area contributed by atoms with E-state index in [1.165, 1.54) is 23.7 Å². The zero-order valence-electron chi connectivity index (χ0n) is 12.9. The topological polar surface area (TPSA) is 81.4 Å². The molecule has 0 bridgehead atoms. The van der Waals surface area contributed by atoms with Gasteiger partial charge in [-0.15, -0.1) is 11.3 Å². The van der Waals surface area contributed by atoms with Crippen LogP contribution < -0.4 is 5.32 Å². The van der Waals surface area contributed by atoms with Gasteiger partial charge in [0.05, 0.1) is 17.0 Å². The lowest BCUT2D eigenvalue weighted by atomic mass is 10.2. The zero-order valence-corrected chi connectivity index (χ0v) is 14.5. The molecule has 0 unspecified atom stereocenters. The Morgan fingerprint density at radius 2 is 2.08 bits per heavy atom. The molecule has 128 valence electrons. The number of carbonyl (C=O) groups excluding carboxylic acids is 2. The number of nitrogens with one attached hydrogen (secondary N) is 1. The highest BCUT2D eigenvalue weighted by molar-refractivity contribution is 7.13. The molecule has 0 spiro atoms. The Balaban J connectivity index is 1.50. The molecule has 0 atom stereocenters. The SMILES string of the molecule is O=C(CNC(=O)c1ccco1)OCc1csc(-c2ccccc2Cl)n1. The first kappa shape index (κ1) is 17.2. The molecular formula is C17H13ClN2O4S. The highest BCUT2D eigenvalue weighted by atomic mass is 35.5. The number of halogens is 1. The van der Waals surface area contributed by atoms with Crippen LogP contribution in [0.3, 0.4) is 0 Å². The maximum atomic E-state index is 11.7. The Bertz CT molecular complexity index is 876.